The molecule has 88 valence electrons. The minimum Gasteiger partial charge on any atom is -0.406 e. The van der Waals surface area contributed by atoms with E-state index in [0.29, 0.717) is 0 Å². The fourth-order valence-electron chi connectivity index (χ4n) is 1.77. The van der Waals surface area contributed by atoms with Gasteiger partial charge in [-0.3, -0.25) is 0 Å². The molecule has 1 aliphatic carbocycles. The summed E-state index contributed by atoms with van der Waals surface area (Å²) in [6.07, 6.45) is -3.75. The average molecular weight is 232 g/mol. The molecule has 0 amide bonds. The van der Waals surface area contributed by atoms with Crippen LogP contribution in [-0.4, -0.2) is 18.1 Å². The highest BCUT2D eigenvalue weighted by Crippen LogP contribution is 2.47. The summed E-state index contributed by atoms with van der Waals surface area (Å²) in [5.74, 6) is 0.330. The van der Waals surface area contributed by atoms with Crippen LogP contribution in [0.2, 0.25) is 0 Å². The normalized spacial score (nSPS) is 24.2. The number of aliphatic hydroxyl groups excluding tert-OH is 1. The number of hydrogen-bond acceptors (Lipinski definition) is 2. The van der Waals surface area contributed by atoms with E-state index in [1.54, 1.807) is 12.1 Å². The lowest BCUT2D eigenvalue weighted by molar-refractivity contribution is -0.274. The van der Waals surface area contributed by atoms with Gasteiger partial charge in [0.1, 0.15) is 5.75 Å². The van der Waals surface area contributed by atoms with Crippen LogP contribution in [0.3, 0.4) is 0 Å². The maximum atomic E-state index is 11.9. The Hall–Kier alpha value is -1.23. The molecule has 1 fully saturated rings. The van der Waals surface area contributed by atoms with Crippen LogP contribution in [0.4, 0.5) is 13.2 Å². The Labute approximate surface area is 90.7 Å². The lowest BCUT2D eigenvalue weighted by Crippen LogP contribution is -2.17. The molecule has 5 heteroatoms. The van der Waals surface area contributed by atoms with E-state index < -0.39 is 6.36 Å². The summed E-state index contributed by atoms with van der Waals surface area (Å²) in [6.45, 7) is 0.130. The molecule has 2 atom stereocenters. The first-order chi connectivity index (χ1) is 7.49. The predicted molar refractivity (Wildman–Crippen MR) is 51.1 cm³/mol. The van der Waals surface area contributed by atoms with Gasteiger partial charge >= 0.3 is 6.36 Å². The Morgan fingerprint density at radius 2 is 1.88 bits per heavy atom. The molecule has 0 bridgehead atoms. The molecule has 0 aliphatic heterocycles. The molecule has 0 unspecified atom stereocenters. The monoisotopic (exact) mass is 232 g/mol. The van der Waals surface area contributed by atoms with Crippen molar-refractivity contribution >= 4 is 0 Å². The molecule has 1 N–H and O–H groups in total. The van der Waals surface area contributed by atoms with E-state index in [9.17, 15) is 13.2 Å². The van der Waals surface area contributed by atoms with E-state index in [1.165, 1.54) is 12.1 Å². The lowest BCUT2D eigenvalue weighted by Gasteiger charge is -2.09. The van der Waals surface area contributed by atoms with Crippen molar-refractivity contribution in [2.45, 2.75) is 18.7 Å². The van der Waals surface area contributed by atoms with E-state index in [1.807, 2.05) is 0 Å². The SMILES string of the molecule is OC[C@H]1C[C@@H]1c1ccc(OC(F)(F)F)cc1. The quantitative estimate of drug-likeness (QED) is 0.868. The van der Waals surface area contributed by atoms with Gasteiger partial charge in [0, 0.05) is 6.61 Å². The Morgan fingerprint density at radius 3 is 2.31 bits per heavy atom. The van der Waals surface area contributed by atoms with E-state index in [0.717, 1.165) is 12.0 Å². The Bertz CT molecular complexity index is 358. The zero-order valence-electron chi connectivity index (χ0n) is 8.37. The van der Waals surface area contributed by atoms with Crippen molar-refractivity contribution in [3.63, 3.8) is 0 Å². The van der Waals surface area contributed by atoms with Gasteiger partial charge in [-0.25, -0.2) is 0 Å². The molecule has 1 aromatic carbocycles. The number of halogens is 3. The maximum absolute atomic E-state index is 11.9. The summed E-state index contributed by atoms with van der Waals surface area (Å²) in [7, 11) is 0. The molecule has 2 rings (SSSR count). The first-order valence-electron chi connectivity index (χ1n) is 4.96. The largest absolute Gasteiger partial charge is 0.573 e. The van der Waals surface area contributed by atoms with Gasteiger partial charge in [0.15, 0.2) is 0 Å². The third kappa shape index (κ3) is 2.66. The van der Waals surface area contributed by atoms with Gasteiger partial charge in [-0.1, -0.05) is 12.1 Å². The summed E-state index contributed by atoms with van der Waals surface area (Å²) in [5, 5.41) is 8.87. The summed E-state index contributed by atoms with van der Waals surface area (Å²) in [6, 6.07) is 5.83. The summed E-state index contributed by atoms with van der Waals surface area (Å²) in [4.78, 5) is 0. The van der Waals surface area contributed by atoms with Crippen molar-refractivity contribution in [2.24, 2.45) is 5.92 Å². The number of aliphatic hydroxyl groups is 1. The Balaban J connectivity index is 2.00. The molecule has 0 saturated heterocycles. The second kappa shape index (κ2) is 3.97. The fraction of sp³-hybridized carbons (Fsp3) is 0.455. The van der Waals surface area contributed by atoms with Crippen molar-refractivity contribution in [3.05, 3.63) is 29.8 Å². The molecule has 0 radical (unpaired) electrons. The Morgan fingerprint density at radius 1 is 1.25 bits per heavy atom. The first-order valence-corrected chi connectivity index (χ1v) is 4.96. The number of benzene rings is 1. The van der Waals surface area contributed by atoms with E-state index in [2.05, 4.69) is 4.74 Å². The number of rotatable bonds is 3. The van der Waals surface area contributed by atoms with Gasteiger partial charge < -0.3 is 9.84 Å². The standard InChI is InChI=1S/C11H11F3O2/c12-11(13,14)16-9-3-1-7(2-4-9)10-5-8(10)6-15/h1-4,8,10,15H,5-6H2/t8-,10-/m1/s1. The zero-order valence-corrected chi connectivity index (χ0v) is 8.37. The molecule has 1 saturated carbocycles. The molecule has 0 aromatic heterocycles. The van der Waals surface area contributed by atoms with Crippen LogP contribution in [0, 0.1) is 5.92 Å². The number of alkyl halides is 3. The van der Waals surface area contributed by atoms with Gasteiger partial charge in [0.25, 0.3) is 0 Å². The highest BCUT2D eigenvalue weighted by Gasteiger charge is 2.37. The van der Waals surface area contributed by atoms with Crippen LogP contribution in [-0.2, 0) is 0 Å². The molecule has 0 heterocycles. The van der Waals surface area contributed by atoms with Crippen LogP contribution in [0.15, 0.2) is 24.3 Å². The van der Waals surface area contributed by atoms with Crippen molar-refractivity contribution in [3.8, 4) is 5.75 Å². The van der Waals surface area contributed by atoms with Crippen molar-refractivity contribution in [1.29, 1.82) is 0 Å². The number of ether oxygens (including phenoxy) is 1. The van der Waals surface area contributed by atoms with Crippen molar-refractivity contribution in [1.82, 2.24) is 0 Å². The van der Waals surface area contributed by atoms with E-state index in [-0.39, 0.29) is 24.2 Å². The zero-order chi connectivity index (χ0) is 11.8. The highest BCUT2D eigenvalue weighted by atomic mass is 19.4. The predicted octanol–water partition coefficient (Wildman–Crippen LogP) is 2.68. The van der Waals surface area contributed by atoms with Crippen molar-refractivity contribution < 1.29 is 23.0 Å². The minimum atomic E-state index is -4.64. The summed E-state index contributed by atoms with van der Waals surface area (Å²) < 4.78 is 39.4. The first kappa shape index (κ1) is 11.3. The molecule has 1 aliphatic rings. The number of hydrogen-bond donors (Lipinski definition) is 1. The molecular formula is C11H11F3O2. The van der Waals surface area contributed by atoms with Crippen LogP contribution in [0.25, 0.3) is 0 Å². The smallest absolute Gasteiger partial charge is 0.406 e. The maximum Gasteiger partial charge on any atom is 0.573 e. The topological polar surface area (TPSA) is 29.5 Å². The fourth-order valence-corrected chi connectivity index (χ4v) is 1.77. The van der Waals surface area contributed by atoms with Crippen LogP contribution < -0.4 is 4.74 Å². The van der Waals surface area contributed by atoms with Gasteiger partial charge in [-0.15, -0.1) is 13.2 Å². The second-order valence-corrected chi connectivity index (χ2v) is 3.90. The summed E-state index contributed by atoms with van der Waals surface area (Å²) in [5.41, 5.74) is 0.952. The molecular weight excluding hydrogens is 221 g/mol. The molecule has 16 heavy (non-hydrogen) atoms. The van der Waals surface area contributed by atoms with Gasteiger partial charge in [0.2, 0.25) is 0 Å². The Kier molecular flexibility index (Phi) is 2.80. The van der Waals surface area contributed by atoms with Gasteiger partial charge in [-0.05, 0) is 36.0 Å². The van der Waals surface area contributed by atoms with Crippen molar-refractivity contribution in [2.75, 3.05) is 6.61 Å². The highest BCUT2D eigenvalue weighted by molar-refractivity contribution is 5.32. The van der Waals surface area contributed by atoms with Crippen LogP contribution in [0.5, 0.6) is 5.75 Å². The average Bonchev–Trinajstić information content (AvgIpc) is 2.95. The molecule has 1 aromatic rings. The minimum absolute atomic E-state index is 0.130. The molecule has 2 nitrogen and oxygen atoms in total. The van der Waals surface area contributed by atoms with E-state index in [4.69, 9.17) is 5.11 Å². The van der Waals surface area contributed by atoms with Gasteiger partial charge in [0.05, 0.1) is 0 Å². The van der Waals surface area contributed by atoms with E-state index >= 15 is 0 Å². The summed E-state index contributed by atoms with van der Waals surface area (Å²) >= 11 is 0. The second-order valence-electron chi connectivity index (χ2n) is 3.90. The third-order valence-electron chi connectivity index (χ3n) is 2.70. The van der Waals surface area contributed by atoms with Gasteiger partial charge in [-0.2, -0.15) is 0 Å². The third-order valence-corrected chi connectivity index (χ3v) is 2.70. The van der Waals surface area contributed by atoms with Crippen LogP contribution >= 0.6 is 0 Å². The van der Waals surface area contributed by atoms with Crippen LogP contribution in [0.1, 0.15) is 17.9 Å². The lowest BCUT2D eigenvalue weighted by atomic mass is 10.1. The molecule has 0 spiro atoms.